The van der Waals surface area contributed by atoms with Crippen molar-refractivity contribution in [1.82, 2.24) is 25.3 Å². The van der Waals surface area contributed by atoms with Crippen LogP contribution in [0.2, 0.25) is 0 Å². The van der Waals surface area contributed by atoms with Crippen LogP contribution in [0.1, 0.15) is 52.9 Å². The number of amides is 2. The molecule has 0 radical (unpaired) electrons. The molecule has 0 aliphatic carbocycles. The second kappa shape index (κ2) is 11.0. The summed E-state index contributed by atoms with van der Waals surface area (Å²) in [6.07, 6.45) is -1.80. The number of carbonyl (C=O) groups excluding carboxylic acids is 2. The topological polar surface area (TPSA) is 114 Å². The number of halogens is 3. The Bertz CT molecular complexity index is 1360. The molecular formula is C26H30F3N7O3. The minimum atomic E-state index is -4.63. The predicted molar refractivity (Wildman–Crippen MR) is 138 cm³/mol. The fourth-order valence-corrected chi connectivity index (χ4v) is 3.86. The van der Waals surface area contributed by atoms with Crippen LogP contribution in [0.3, 0.4) is 0 Å². The molecule has 39 heavy (non-hydrogen) atoms. The SMILES string of the molecule is Cc1ncc(NC(=O)c2cc(N3CCOCC3)cc(C(F)(F)F)c2)cc1-n1cc(C(=O)NCC(C)(C)C)nn1. The Hall–Kier alpha value is -4.00. The molecule has 2 N–H and O–H groups in total. The summed E-state index contributed by atoms with van der Waals surface area (Å²) in [6.45, 7) is 9.73. The molecule has 0 atom stereocenters. The van der Waals surface area contributed by atoms with Crippen LogP contribution in [-0.4, -0.2) is 64.6 Å². The monoisotopic (exact) mass is 545 g/mol. The maximum absolute atomic E-state index is 13.6. The Labute approximate surface area is 223 Å². The van der Waals surface area contributed by atoms with Gasteiger partial charge in [-0.05, 0) is 36.6 Å². The van der Waals surface area contributed by atoms with Crippen LogP contribution < -0.4 is 15.5 Å². The quantitative estimate of drug-likeness (QED) is 0.484. The number of morpholine rings is 1. The molecule has 10 nitrogen and oxygen atoms in total. The number of carbonyl (C=O) groups is 2. The number of pyridine rings is 1. The Balaban J connectivity index is 1.56. The lowest BCUT2D eigenvalue weighted by molar-refractivity contribution is -0.137. The highest BCUT2D eigenvalue weighted by molar-refractivity contribution is 6.05. The van der Waals surface area contributed by atoms with Crippen molar-refractivity contribution in [2.75, 3.05) is 43.1 Å². The van der Waals surface area contributed by atoms with Gasteiger partial charge in [-0.3, -0.25) is 14.6 Å². The molecule has 0 saturated carbocycles. The van der Waals surface area contributed by atoms with Gasteiger partial charge in [0.15, 0.2) is 5.69 Å². The minimum absolute atomic E-state index is 0.104. The lowest BCUT2D eigenvalue weighted by Crippen LogP contribution is -2.36. The van der Waals surface area contributed by atoms with Crippen molar-refractivity contribution in [3.8, 4) is 5.69 Å². The van der Waals surface area contributed by atoms with Gasteiger partial charge in [0, 0.05) is 30.9 Å². The summed E-state index contributed by atoms with van der Waals surface area (Å²) < 4.78 is 47.5. The van der Waals surface area contributed by atoms with E-state index in [9.17, 15) is 22.8 Å². The van der Waals surface area contributed by atoms with Crippen LogP contribution in [0.4, 0.5) is 24.5 Å². The van der Waals surface area contributed by atoms with Gasteiger partial charge in [0.1, 0.15) is 0 Å². The highest BCUT2D eigenvalue weighted by Gasteiger charge is 2.32. The standard InChI is InChI=1S/C26H30F3N7O3/c1-16-22(36-14-21(33-34-36)24(38)31-15-25(2,3)4)12-19(13-30-16)32-23(37)17-9-18(26(27,28)29)11-20(10-17)35-5-7-39-8-6-35/h9-14H,5-8,15H2,1-4H3,(H,31,38)(H,32,37). The molecule has 0 bridgehead atoms. The normalized spacial score (nSPS) is 14.3. The molecule has 1 fully saturated rings. The first-order valence-corrected chi connectivity index (χ1v) is 12.3. The Morgan fingerprint density at radius 2 is 1.77 bits per heavy atom. The largest absolute Gasteiger partial charge is 0.416 e. The number of anilines is 2. The molecule has 1 aliphatic rings. The van der Waals surface area contributed by atoms with E-state index in [-0.39, 0.29) is 28.3 Å². The number of ether oxygens (including phenoxy) is 1. The number of rotatable bonds is 6. The van der Waals surface area contributed by atoms with Crippen LogP contribution in [0.15, 0.2) is 36.7 Å². The van der Waals surface area contributed by atoms with E-state index in [1.54, 1.807) is 17.9 Å². The third-order valence-electron chi connectivity index (χ3n) is 5.95. The zero-order valence-electron chi connectivity index (χ0n) is 22.1. The number of benzene rings is 1. The summed E-state index contributed by atoms with van der Waals surface area (Å²) in [5.41, 5.74) is 0.433. The molecule has 1 aromatic carbocycles. The van der Waals surface area contributed by atoms with Crippen molar-refractivity contribution < 1.29 is 27.5 Å². The fraction of sp³-hybridized carbons (Fsp3) is 0.423. The van der Waals surface area contributed by atoms with E-state index in [2.05, 4.69) is 25.9 Å². The lowest BCUT2D eigenvalue weighted by Gasteiger charge is -2.29. The molecule has 3 aromatic rings. The predicted octanol–water partition coefficient (Wildman–Crippen LogP) is 3.85. The van der Waals surface area contributed by atoms with E-state index in [1.165, 1.54) is 23.1 Å². The average Bonchev–Trinajstić information content (AvgIpc) is 3.38. The van der Waals surface area contributed by atoms with Gasteiger partial charge < -0.3 is 20.3 Å². The van der Waals surface area contributed by atoms with Crippen molar-refractivity contribution in [3.63, 3.8) is 0 Å². The molecule has 1 saturated heterocycles. The molecule has 4 rings (SSSR count). The van der Waals surface area contributed by atoms with Crippen molar-refractivity contribution in [1.29, 1.82) is 0 Å². The number of aryl methyl sites for hydroxylation is 1. The van der Waals surface area contributed by atoms with Crippen molar-refractivity contribution >= 4 is 23.2 Å². The number of nitrogens with one attached hydrogen (secondary N) is 2. The summed E-state index contributed by atoms with van der Waals surface area (Å²) in [5.74, 6) is -1.11. The van der Waals surface area contributed by atoms with Crippen LogP contribution in [-0.2, 0) is 10.9 Å². The second-order valence-corrected chi connectivity index (χ2v) is 10.4. The summed E-state index contributed by atoms with van der Waals surface area (Å²) >= 11 is 0. The Kier molecular flexibility index (Phi) is 7.91. The Morgan fingerprint density at radius 3 is 2.44 bits per heavy atom. The Morgan fingerprint density at radius 1 is 1.05 bits per heavy atom. The number of aromatic nitrogens is 4. The maximum Gasteiger partial charge on any atom is 0.416 e. The zero-order valence-corrected chi connectivity index (χ0v) is 22.1. The maximum atomic E-state index is 13.6. The molecule has 13 heteroatoms. The van der Waals surface area contributed by atoms with Crippen LogP contribution in [0.25, 0.3) is 5.69 Å². The summed E-state index contributed by atoms with van der Waals surface area (Å²) in [4.78, 5) is 31.5. The van der Waals surface area contributed by atoms with E-state index in [4.69, 9.17) is 4.74 Å². The summed E-state index contributed by atoms with van der Waals surface area (Å²) in [5, 5.41) is 13.3. The molecule has 0 spiro atoms. The molecule has 1 aliphatic heterocycles. The highest BCUT2D eigenvalue weighted by Crippen LogP contribution is 2.33. The third-order valence-corrected chi connectivity index (χ3v) is 5.95. The average molecular weight is 546 g/mol. The van der Waals surface area contributed by atoms with E-state index in [0.29, 0.717) is 49.9 Å². The van der Waals surface area contributed by atoms with Gasteiger partial charge in [-0.15, -0.1) is 5.10 Å². The molecular weight excluding hydrogens is 515 g/mol. The van der Waals surface area contributed by atoms with E-state index >= 15 is 0 Å². The van der Waals surface area contributed by atoms with Gasteiger partial charge in [-0.1, -0.05) is 26.0 Å². The second-order valence-electron chi connectivity index (χ2n) is 10.4. The smallest absolute Gasteiger partial charge is 0.378 e. The molecule has 2 aromatic heterocycles. The zero-order chi connectivity index (χ0) is 28.4. The van der Waals surface area contributed by atoms with Gasteiger partial charge in [0.25, 0.3) is 11.8 Å². The van der Waals surface area contributed by atoms with Gasteiger partial charge in [0.2, 0.25) is 0 Å². The summed E-state index contributed by atoms with van der Waals surface area (Å²) in [7, 11) is 0. The molecule has 3 heterocycles. The highest BCUT2D eigenvalue weighted by atomic mass is 19.4. The van der Waals surface area contributed by atoms with Crippen LogP contribution >= 0.6 is 0 Å². The fourth-order valence-electron chi connectivity index (χ4n) is 3.86. The van der Waals surface area contributed by atoms with Gasteiger partial charge in [-0.2, -0.15) is 13.2 Å². The van der Waals surface area contributed by atoms with Gasteiger partial charge in [0.05, 0.1) is 48.2 Å². The lowest BCUT2D eigenvalue weighted by atomic mass is 9.97. The van der Waals surface area contributed by atoms with Gasteiger partial charge >= 0.3 is 6.18 Å². The minimum Gasteiger partial charge on any atom is -0.378 e. The summed E-state index contributed by atoms with van der Waals surface area (Å²) in [6, 6.07) is 4.84. The number of hydrogen-bond acceptors (Lipinski definition) is 7. The first-order valence-electron chi connectivity index (χ1n) is 12.3. The van der Waals surface area contributed by atoms with Crippen LogP contribution in [0.5, 0.6) is 0 Å². The molecule has 2 amide bonds. The molecule has 0 unspecified atom stereocenters. The third kappa shape index (κ3) is 7.11. The first kappa shape index (κ1) is 28.0. The number of nitrogens with zero attached hydrogens (tertiary/aromatic N) is 5. The van der Waals surface area contributed by atoms with Crippen LogP contribution in [0, 0.1) is 12.3 Å². The first-order chi connectivity index (χ1) is 18.3. The van der Waals surface area contributed by atoms with Gasteiger partial charge in [-0.25, -0.2) is 4.68 Å². The molecule has 208 valence electrons. The van der Waals surface area contributed by atoms with E-state index < -0.39 is 17.6 Å². The number of hydrogen-bond donors (Lipinski definition) is 2. The van der Waals surface area contributed by atoms with E-state index in [1.807, 2.05) is 20.8 Å². The van der Waals surface area contributed by atoms with Crippen molar-refractivity contribution in [2.24, 2.45) is 5.41 Å². The van der Waals surface area contributed by atoms with Crippen molar-refractivity contribution in [3.05, 3.63) is 59.2 Å². The van der Waals surface area contributed by atoms with E-state index in [0.717, 1.165) is 12.1 Å². The number of alkyl halides is 3. The van der Waals surface area contributed by atoms with Crippen molar-refractivity contribution in [2.45, 2.75) is 33.9 Å².